The van der Waals surface area contributed by atoms with Crippen LogP contribution in [0.15, 0.2) is 0 Å². The Morgan fingerprint density at radius 3 is 2.60 bits per heavy atom. The Labute approximate surface area is 94.1 Å². The second-order valence-corrected chi connectivity index (χ2v) is 5.23. The fraction of sp³-hybridized carbons (Fsp3) is 1.00. The molecule has 0 spiro atoms. The van der Waals surface area contributed by atoms with Gasteiger partial charge in [0.05, 0.1) is 6.10 Å². The molecule has 1 saturated heterocycles. The number of likely N-dealkylation sites (N-methyl/N-ethyl adjacent to an activating group) is 1. The molecule has 0 amide bonds. The van der Waals surface area contributed by atoms with Crippen molar-refractivity contribution in [2.45, 2.75) is 51.3 Å². The van der Waals surface area contributed by atoms with E-state index in [1.165, 1.54) is 19.4 Å². The van der Waals surface area contributed by atoms with Crippen molar-refractivity contribution in [3.63, 3.8) is 0 Å². The lowest BCUT2D eigenvalue weighted by Crippen LogP contribution is -2.43. The van der Waals surface area contributed by atoms with Gasteiger partial charge < -0.3 is 10.0 Å². The molecular weight excluding hydrogens is 188 g/mol. The highest BCUT2D eigenvalue weighted by Crippen LogP contribution is 2.22. The van der Waals surface area contributed by atoms with Gasteiger partial charge in [-0.1, -0.05) is 0 Å². The smallest absolute Gasteiger partial charge is 0.0526 e. The molecule has 3 nitrogen and oxygen atoms in total. The average Bonchev–Trinajstić information content (AvgIpc) is 2.49. The van der Waals surface area contributed by atoms with Gasteiger partial charge in [0.15, 0.2) is 0 Å². The minimum absolute atomic E-state index is 0.180. The van der Waals surface area contributed by atoms with Gasteiger partial charge in [-0.3, -0.25) is 4.90 Å². The molecule has 3 heteroatoms. The number of aliphatic hydroxyl groups is 1. The molecule has 3 atom stereocenters. The fourth-order valence-electron chi connectivity index (χ4n) is 2.68. The Morgan fingerprint density at radius 2 is 2.07 bits per heavy atom. The van der Waals surface area contributed by atoms with Crippen LogP contribution in [0.2, 0.25) is 0 Å². The number of hydrogen-bond donors (Lipinski definition) is 1. The molecule has 3 unspecified atom stereocenters. The van der Waals surface area contributed by atoms with Crippen molar-refractivity contribution < 1.29 is 5.11 Å². The Balaban J connectivity index is 2.44. The van der Waals surface area contributed by atoms with E-state index in [-0.39, 0.29) is 6.10 Å². The SMILES string of the molecule is CC(O)CC(C)N1CCCC1CN(C)C. The van der Waals surface area contributed by atoms with Crippen molar-refractivity contribution in [2.24, 2.45) is 0 Å². The summed E-state index contributed by atoms with van der Waals surface area (Å²) in [7, 11) is 4.27. The van der Waals surface area contributed by atoms with Crippen LogP contribution in [0.5, 0.6) is 0 Å². The van der Waals surface area contributed by atoms with Crippen molar-refractivity contribution in [1.82, 2.24) is 9.80 Å². The van der Waals surface area contributed by atoms with Gasteiger partial charge in [0.25, 0.3) is 0 Å². The van der Waals surface area contributed by atoms with Gasteiger partial charge >= 0.3 is 0 Å². The maximum Gasteiger partial charge on any atom is 0.0526 e. The highest BCUT2D eigenvalue weighted by molar-refractivity contribution is 4.85. The molecule has 90 valence electrons. The molecule has 0 aromatic carbocycles. The largest absolute Gasteiger partial charge is 0.393 e. The lowest BCUT2D eigenvalue weighted by molar-refractivity contribution is 0.103. The van der Waals surface area contributed by atoms with E-state index in [1.807, 2.05) is 6.92 Å². The zero-order valence-corrected chi connectivity index (χ0v) is 10.6. The molecule has 1 aliphatic heterocycles. The first-order valence-electron chi connectivity index (χ1n) is 6.09. The monoisotopic (exact) mass is 214 g/mol. The van der Waals surface area contributed by atoms with Crippen molar-refractivity contribution in [3.05, 3.63) is 0 Å². The predicted octanol–water partition coefficient (Wildman–Crippen LogP) is 1.17. The Bertz CT molecular complexity index is 182. The second kappa shape index (κ2) is 5.83. The van der Waals surface area contributed by atoms with E-state index in [1.54, 1.807) is 0 Å². The molecule has 0 bridgehead atoms. The van der Waals surface area contributed by atoms with Crippen LogP contribution in [-0.2, 0) is 0 Å². The van der Waals surface area contributed by atoms with Crippen LogP contribution >= 0.6 is 0 Å². The second-order valence-electron chi connectivity index (χ2n) is 5.23. The molecule has 1 heterocycles. The van der Waals surface area contributed by atoms with Gasteiger partial charge in [0.1, 0.15) is 0 Å². The summed E-state index contributed by atoms with van der Waals surface area (Å²) in [6, 6.07) is 1.20. The first kappa shape index (κ1) is 12.9. The number of nitrogens with zero attached hydrogens (tertiary/aromatic N) is 2. The van der Waals surface area contributed by atoms with Gasteiger partial charge in [-0.2, -0.15) is 0 Å². The van der Waals surface area contributed by atoms with Crippen LogP contribution in [-0.4, -0.2) is 60.3 Å². The summed E-state index contributed by atoms with van der Waals surface area (Å²) in [5.74, 6) is 0. The first-order valence-corrected chi connectivity index (χ1v) is 6.09. The number of hydrogen-bond acceptors (Lipinski definition) is 3. The Kier molecular flexibility index (Phi) is 5.03. The highest BCUT2D eigenvalue weighted by Gasteiger charge is 2.28. The maximum absolute atomic E-state index is 9.41. The van der Waals surface area contributed by atoms with Crippen LogP contribution in [0.1, 0.15) is 33.1 Å². The number of aliphatic hydroxyl groups excluding tert-OH is 1. The molecule has 0 aromatic rings. The van der Waals surface area contributed by atoms with Crippen LogP contribution in [0.3, 0.4) is 0 Å². The van der Waals surface area contributed by atoms with Crippen molar-refractivity contribution >= 4 is 0 Å². The molecule has 1 fully saturated rings. The maximum atomic E-state index is 9.41. The van der Waals surface area contributed by atoms with Crippen LogP contribution < -0.4 is 0 Å². The van der Waals surface area contributed by atoms with Gasteiger partial charge in [-0.15, -0.1) is 0 Å². The molecule has 0 saturated carbocycles. The summed E-state index contributed by atoms with van der Waals surface area (Å²) in [6.07, 6.45) is 3.33. The molecule has 0 aliphatic carbocycles. The summed E-state index contributed by atoms with van der Waals surface area (Å²) in [6.45, 7) is 6.46. The molecule has 1 N–H and O–H groups in total. The molecule has 1 aliphatic rings. The fourth-order valence-corrected chi connectivity index (χ4v) is 2.68. The predicted molar refractivity (Wildman–Crippen MR) is 64.0 cm³/mol. The van der Waals surface area contributed by atoms with E-state index < -0.39 is 0 Å². The number of likely N-dealkylation sites (tertiary alicyclic amines) is 1. The van der Waals surface area contributed by atoms with Crippen molar-refractivity contribution in [2.75, 3.05) is 27.2 Å². The minimum Gasteiger partial charge on any atom is -0.393 e. The van der Waals surface area contributed by atoms with Gasteiger partial charge in [0.2, 0.25) is 0 Å². The van der Waals surface area contributed by atoms with Crippen LogP contribution in [0.25, 0.3) is 0 Å². The average molecular weight is 214 g/mol. The van der Waals surface area contributed by atoms with Crippen molar-refractivity contribution in [1.29, 1.82) is 0 Å². The van der Waals surface area contributed by atoms with Crippen LogP contribution in [0, 0.1) is 0 Å². The first-order chi connectivity index (χ1) is 7.00. The third-order valence-corrected chi connectivity index (χ3v) is 3.25. The van der Waals surface area contributed by atoms with E-state index >= 15 is 0 Å². The summed E-state index contributed by atoms with van der Waals surface area (Å²) >= 11 is 0. The van der Waals surface area contributed by atoms with E-state index in [9.17, 15) is 5.11 Å². The van der Waals surface area contributed by atoms with E-state index in [0.717, 1.165) is 13.0 Å². The van der Waals surface area contributed by atoms with E-state index in [0.29, 0.717) is 12.1 Å². The van der Waals surface area contributed by atoms with Gasteiger partial charge in [-0.05, 0) is 53.8 Å². The summed E-state index contributed by atoms with van der Waals surface area (Å²) < 4.78 is 0. The van der Waals surface area contributed by atoms with Crippen LogP contribution in [0.4, 0.5) is 0 Å². The summed E-state index contributed by atoms with van der Waals surface area (Å²) in [5, 5.41) is 9.41. The standard InChI is InChI=1S/C12H26N2O/c1-10(8-11(2)15)14-7-5-6-12(14)9-13(3)4/h10-12,15H,5-9H2,1-4H3. The third-order valence-electron chi connectivity index (χ3n) is 3.25. The normalized spacial score (nSPS) is 27.2. The summed E-state index contributed by atoms with van der Waals surface area (Å²) in [4.78, 5) is 4.82. The zero-order chi connectivity index (χ0) is 11.4. The summed E-state index contributed by atoms with van der Waals surface area (Å²) in [5.41, 5.74) is 0. The van der Waals surface area contributed by atoms with E-state index in [2.05, 4.69) is 30.8 Å². The number of rotatable bonds is 5. The topological polar surface area (TPSA) is 26.7 Å². The van der Waals surface area contributed by atoms with Crippen molar-refractivity contribution in [3.8, 4) is 0 Å². The minimum atomic E-state index is -0.180. The lowest BCUT2D eigenvalue weighted by Gasteiger charge is -2.32. The highest BCUT2D eigenvalue weighted by atomic mass is 16.3. The molecule has 0 radical (unpaired) electrons. The Hall–Kier alpha value is -0.120. The molecular formula is C12H26N2O. The quantitative estimate of drug-likeness (QED) is 0.744. The lowest BCUT2D eigenvalue weighted by atomic mass is 10.1. The van der Waals surface area contributed by atoms with E-state index in [4.69, 9.17) is 0 Å². The molecule has 0 aromatic heterocycles. The van der Waals surface area contributed by atoms with Gasteiger partial charge in [-0.25, -0.2) is 0 Å². The van der Waals surface area contributed by atoms with Gasteiger partial charge in [0, 0.05) is 18.6 Å². The molecule has 15 heavy (non-hydrogen) atoms. The molecule has 1 rings (SSSR count). The third kappa shape index (κ3) is 4.09. The Morgan fingerprint density at radius 1 is 1.40 bits per heavy atom. The zero-order valence-electron chi connectivity index (χ0n) is 10.6.